The first-order valence-electron chi connectivity index (χ1n) is 21.4. The van der Waals surface area contributed by atoms with Crippen molar-refractivity contribution in [1.82, 2.24) is 4.57 Å². The number of anilines is 1. The van der Waals surface area contributed by atoms with Crippen LogP contribution in [0.5, 0.6) is 0 Å². The van der Waals surface area contributed by atoms with Gasteiger partial charge in [-0.05, 0) is 152 Å². The van der Waals surface area contributed by atoms with E-state index in [1.807, 2.05) is 25.1 Å². The molecule has 0 radical (unpaired) electrons. The largest absolute Gasteiger partial charge is 0.398 e. The fourth-order valence-corrected chi connectivity index (χ4v) is 9.98. The SMILES string of the molecule is C/C=C\C=C/C1=Cc2cccc(N)c2/C1=C\Cc1ccc2cc(-c3ccc4c(c3)c3cc(-c5ccc6c(c5)C(C)(C)c5ccccc5-6)ccc3n4-c3ccccc3)ccc2c1. The maximum Gasteiger partial charge on any atom is 0.0541 e. The second-order valence-electron chi connectivity index (χ2n) is 17.1. The molecular weight excluding hydrogens is 737 g/mol. The van der Waals surface area contributed by atoms with Gasteiger partial charge in [0, 0.05) is 33.1 Å². The fraction of sp³-hybridized carbons (Fsp3) is 0.0847. The summed E-state index contributed by atoms with van der Waals surface area (Å²) in [6, 6.07) is 60.6. The van der Waals surface area contributed by atoms with E-state index in [1.165, 1.54) is 99.4 Å². The lowest BCUT2D eigenvalue weighted by Gasteiger charge is -2.22. The molecule has 0 aliphatic heterocycles. The molecule has 0 saturated carbocycles. The van der Waals surface area contributed by atoms with Crippen molar-refractivity contribution in [2.24, 2.45) is 0 Å². The van der Waals surface area contributed by atoms with Gasteiger partial charge in [0.1, 0.15) is 0 Å². The van der Waals surface area contributed by atoms with Gasteiger partial charge in [-0.2, -0.15) is 0 Å². The number of benzene rings is 8. The zero-order valence-corrected chi connectivity index (χ0v) is 34.8. The molecule has 2 aliphatic rings. The minimum absolute atomic E-state index is 0.0498. The lowest BCUT2D eigenvalue weighted by Crippen LogP contribution is -2.14. The van der Waals surface area contributed by atoms with Crippen LogP contribution in [0.3, 0.4) is 0 Å². The van der Waals surface area contributed by atoms with Gasteiger partial charge >= 0.3 is 0 Å². The topological polar surface area (TPSA) is 30.9 Å². The number of allylic oxidation sites excluding steroid dienone is 7. The molecule has 1 heterocycles. The van der Waals surface area contributed by atoms with Crippen molar-refractivity contribution in [1.29, 1.82) is 0 Å². The lowest BCUT2D eigenvalue weighted by molar-refractivity contribution is 0.660. The third kappa shape index (κ3) is 6.09. The van der Waals surface area contributed by atoms with E-state index < -0.39 is 0 Å². The number of aromatic nitrogens is 1. The van der Waals surface area contributed by atoms with Gasteiger partial charge in [-0.3, -0.25) is 0 Å². The first-order chi connectivity index (χ1) is 29.9. The van der Waals surface area contributed by atoms with Crippen LogP contribution in [0, 0.1) is 0 Å². The molecule has 292 valence electrons. The molecule has 0 saturated heterocycles. The number of rotatable bonds is 7. The van der Waals surface area contributed by atoms with E-state index in [4.69, 9.17) is 5.73 Å². The van der Waals surface area contributed by atoms with E-state index in [9.17, 15) is 0 Å². The Kier molecular flexibility index (Phi) is 8.65. The summed E-state index contributed by atoms with van der Waals surface area (Å²) in [5.41, 5.74) is 27.2. The summed E-state index contributed by atoms with van der Waals surface area (Å²) >= 11 is 0. The quantitative estimate of drug-likeness (QED) is 0.127. The summed E-state index contributed by atoms with van der Waals surface area (Å²) in [6.45, 7) is 6.75. The number of para-hydroxylation sites is 1. The molecule has 2 heteroatoms. The molecule has 2 aliphatic carbocycles. The van der Waals surface area contributed by atoms with Gasteiger partial charge in [0.05, 0.1) is 11.0 Å². The minimum atomic E-state index is -0.0498. The number of nitrogen functional groups attached to an aromatic ring is 1. The van der Waals surface area contributed by atoms with Crippen LogP contribution in [0.15, 0.2) is 200 Å². The Morgan fingerprint density at radius 1 is 0.574 bits per heavy atom. The summed E-state index contributed by atoms with van der Waals surface area (Å²) in [4.78, 5) is 0. The summed E-state index contributed by atoms with van der Waals surface area (Å²) < 4.78 is 2.41. The molecule has 0 atom stereocenters. The van der Waals surface area contributed by atoms with Crippen molar-refractivity contribution in [3.05, 3.63) is 228 Å². The van der Waals surface area contributed by atoms with Crippen LogP contribution in [-0.4, -0.2) is 4.57 Å². The molecule has 0 fully saturated rings. The molecule has 11 rings (SSSR count). The molecule has 9 aromatic rings. The Morgan fingerprint density at radius 3 is 2.02 bits per heavy atom. The number of fused-ring (bicyclic) bond motifs is 8. The number of hydrogen-bond acceptors (Lipinski definition) is 1. The Bertz CT molecular complexity index is 3370. The molecule has 1 aromatic heterocycles. The third-order valence-electron chi connectivity index (χ3n) is 13.1. The van der Waals surface area contributed by atoms with Crippen LogP contribution >= 0.6 is 0 Å². The Hall–Kier alpha value is -7.42. The van der Waals surface area contributed by atoms with Crippen LogP contribution in [0.2, 0.25) is 0 Å². The highest BCUT2D eigenvalue weighted by Crippen LogP contribution is 2.50. The molecule has 0 unspecified atom stereocenters. The first kappa shape index (κ1) is 36.6. The number of hydrogen-bond donors (Lipinski definition) is 1. The van der Waals surface area contributed by atoms with Crippen molar-refractivity contribution in [3.63, 3.8) is 0 Å². The minimum Gasteiger partial charge on any atom is -0.398 e. The molecule has 0 bridgehead atoms. The monoisotopic (exact) mass is 782 g/mol. The van der Waals surface area contributed by atoms with Gasteiger partial charge in [0.15, 0.2) is 0 Å². The van der Waals surface area contributed by atoms with Crippen molar-refractivity contribution in [2.45, 2.75) is 32.6 Å². The van der Waals surface area contributed by atoms with Gasteiger partial charge in [-0.15, -0.1) is 0 Å². The van der Waals surface area contributed by atoms with Crippen LogP contribution in [-0.2, 0) is 11.8 Å². The Labute approximate surface area is 357 Å². The van der Waals surface area contributed by atoms with Crippen LogP contribution in [0.1, 0.15) is 48.6 Å². The Balaban J connectivity index is 0.960. The highest BCUT2D eigenvalue weighted by atomic mass is 15.0. The van der Waals surface area contributed by atoms with Crippen LogP contribution in [0.4, 0.5) is 5.69 Å². The van der Waals surface area contributed by atoms with Crippen molar-refractivity contribution in [2.75, 3.05) is 5.73 Å². The van der Waals surface area contributed by atoms with Gasteiger partial charge in [-0.25, -0.2) is 0 Å². The summed E-state index contributed by atoms with van der Waals surface area (Å²) in [5.74, 6) is 0. The molecule has 2 nitrogen and oxygen atoms in total. The van der Waals surface area contributed by atoms with E-state index in [2.05, 4.69) is 200 Å². The number of nitrogens with two attached hydrogens (primary N) is 1. The molecule has 2 N–H and O–H groups in total. The normalized spacial score (nSPS) is 14.7. The third-order valence-corrected chi connectivity index (χ3v) is 13.1. The van der Waals surface area contributed by atoms with E-state index in [1.54, 1.807) is 0 Å². The van der Waals surface area contributed by atoms with E-state index in [-0.39, 0.29) is 5.41 Å². The van der Waals surface area contributed by atoms with E-state index in [0.29, 0.717) is 0 Å². The van der Waals surface area contributed by atoms with E-state index >= 15 is 0 Å². The van der Waals surface area contributed by atoms with Crippen molar-refractivity contribution < 1.29 is 0 Å². The molecule has 0 spiro atoms. The van der Waals surface area contributed by atoms with Crippen LogP contribution < -0.4 is 5.73 Å². The molecule has 8 aromatic carbocycles. The highest BCUT2D eigenvalue weighted by Gasteiger charge is 2.35. The molecule has 61 heavy (non-hydrogen) atoms. The van der Waals surface area contributed by atoms with Gasteiger partial charge in [0.25, 0.3) is 0 Å². The second-order valence-corrected chi connectivity index (χ2v) is 17.1. The number of nitrogens with zero attached hydrogens (tertiary/aromatic N) is 1. The van der Waals surface area contributed by atoms with Gasteiger partial charge in [0.2, 0.25) is 0 Å². The molecule has 0 amide bonds. The Morgan fingerprint density at radius 2 is 1.23 bits per heavy atom. The molecular formula is C59H46N2. The smallest absolute Gasteiger partial charge is 0.0541 e. The zero-order valence-electron chi connectivity index (χ0n) is 34.8. The lowest BCUT2D eigenvalue weighted by atomic mass is 9.81. The highest BCUT2D eigenvalue weighted by molar-refractivity contribution is 6.12. The standard InChI is InChI=1S/C59H46N2/c1-4-5-7-13-45-34-46-14-12-19-55(60)58(46)48(45)28-21-38-20-22-40-33-41(24-23-39(40)32-38)42-26-30-56-51(35-42)52-36-43(27-31-57(52)61(56)47-15-8-6-9-16-47)44-25-29-50-49-17-10-11-18-53(49)59(2,3)54(50)37-44/h4-20,22-37H,21,60H2,1-3H3/b5-4-,13-7-,48-28-. The second kappa shape index (κ2) is 14.4. The predicted molar refractivity (Wildman–Crippen MR) is 261 cm³/mol. The van der Waals surface area contributed by atoms with Gasteiger partial charge < -0.3 is 10.3 Å². The average molecular weight is 783 g/mol. The summed E-state index contributed by atoms with van der Waals surface area (Å²) in [5, 5.41) is 4.97. The predicted octanol–water partition coefficient (Wildman–Crippen LogP) is 15.3. The first-order valence-corrected chi connectivity index (χ1v) is 21.4. The van der Waals surface area contributed by atoms with Crippen molar-refractivity contribution >= 4 is 49.9 Å². The zero-order chi connectivity index (χ0) is 41.2. The van der Waals surface area contributed by atoms with Gasteiger partial charge in [-0.1, -0.05) is 153 Å². The van der Waals surface area contributed by atoms with Crippen LogP contribution in [0.25, 0.3) is 83.3 Å². The van der Waals surface area contributed by atoms with Crippen molar-refractivity contribution in [3.8, 4) is 39.1 Å². The fourth-order valence-electron chi connectivity index (χ4n) is 9.98. The maximum absolute atomic E-state index is 6.52. The average Bonchev–Trinajstić information content (AvgIpc) is 3.90. The maximum atomic E-state index is 6.52. The summed E-state index contributed by atoms with van der Waals surface area (Å²) in [7, 11) is 0. The van der Waals surface area contributed by atoms with E-state index in [0.717, 1.165) is 23.4 Å². The summed E-state index contributed by atoms with van der Waals surface area (Å²) in [6.07, 6.45) is 13.8.